The SMILES string of the molecule is CCCC(CC(=O)O)NC(=O)CCNC(C)=O. The molecule has 3 N–H and O–H groups in total. The lowest BCUT2D eigenvalue weighted by molar-refractivity contribution is -0.137. The first-order chi connectivity index (χ1) is 7.95. The highest BCUT2D eigenvalue weighted by molar-refractivity contribution is 5.78. The first kappa shape index (κ1) is 15.4. The normalized spacial score (nSPS) is 11.6. The Morgan fingerprint density at radius 1 is 1.29 bits per heavy atom. The number of hydrogen-bond donors (Lipinski definition) is 3. The van der Waals surface area contributed by atoms with E-state index in [4.69, 9.17) is 5.11 Å². The van der Waals surface area contributed by atoms with Gasteiger partial charge in [-0.1, -0.05) is 13.3 Å². The smallest absolute Gasteiger partial charge is 0.305 e. The fourth-order valence-electron chi connectivity index (χ4n) is 1.44. The van der Waals surface area contributed by atoms with Gasteiger partial charge in [0.25, 0.3) is 0 Å². The van der Waals surface area contributed by atoms with E-state index in [9.17, 15) is 14.4 Å². The summed E-state index contributed by atoms with van der Waals surface area (Å²) in [5, 5.41) is 13.8. The van der Waals surface area contributed by atoms with Crippen LogP contribution in [0.4, 0.5) is 0 Å². The van der Waals surface area contributed by atoms with Gasteiger partial charge in [0, 0.05) is 25.9 Å². The minimum absolute atomic E-state index is 0.0697. The number of rotatable bonds is 8. The standard InChI is InChI=1S/C11H20N2O4/c1-3-4-9(7-11(16)17)13-10(15)5-6-12-8(2)14/h9H,3-7H2,1-2H3,(H,12,14)(H,13,15)(H,16,17). The van der Waals surface area contributed by atoms with Gasteiger partial charge in [0.05, 0.1) is 6.42 Å². The van der Waals surface area contributed by atoms with E-state index in [0.29, 0.717) is 6.42 Å². The second kappa shape index (κ2) is 8.55. The number of carboxylic acids is 1. The van der Waals surface area contributed by atoms with Crippen molar-refractivity contribution >= 4 is 17.8 Å². The number of carboxylic acid groups (broad SMARTS) is 1. The van der Waals surface area contributed by atoms with Crippen LogP contribution in [0.15, 0.2) is 0 Å². The summed E-state index contributed by atoms with van der Waals surface area (Å²) in [7, 11) is 0. The van der Waals surface area contributed by atoms with Crippen LogP contribution in [0.5, 0.6) is 0 Å². The van der Waals surface area contributed by atoms with Crippen molar-refractivity contribution in [2.45, 2.75) is 45.6 Å². The number of hydrogen-bond acceptors (Lipinski definition) is 3. The van der Waals surface area contributed by atoms with E-state index < -0.39 is 5.97 Å². The summed E-state index contributed by atoms with van der Waals surface area (Å²) in [4.78, 5) is 32.6. The zero-order chi connectivity index (χ0) is 13.3. The summed E-state index contributed by atoms with van der Waals surface area (Å²) in [5.41, 5.74) is 0. The van der Waals surface area contributed by atoms with E-state index >= 15 is 0 Å². The van der Waals surface area contributed by atoms with Crippen molar-refractivity contribution in [1.82, 2.24) is 10.6 Å². The number of carbonyl (C=O) groups is 3. The monoisotopic (exact) mass is 244 g/mol. The topological polar surface area (TPSA) is 95.5 Å². The van der Waals surface area contributed by atoms with Crippen molar-refractivity contribution in [3.8, 4) is 0 Å². The molecule has 0 heterocycles. The fourth-order valence-corrected chi connectivity index (χ4v) is 1.44. The molecular weight excluding hydrogens is 224 g/mol. The largest absolute Gasteiger partial charge is 0.481 e. The van der Waals surface area contributed by atoms with Crippen LogP contribution in [0.25, 0.3) is 0 Å². The van der Waals surface area contributed by atoms with Crippen LogP contribution < -0.4 is 10.6 Å². The van der Waals surface area contributed by atoms with Crippen LogP contribution >= 0.6 is 0 Å². The van der Waals surface area contributed by atoms with Gasteiger partial charge in [0.1, 0.15) is 0 Å². The molecule has 0 fully saturated rings. The third-order valence-corrected chi connectivity index (χ3v) is 2.15. The molecule has 1 unspecified atom stereocenters. The van der Waals surface area contributed by atoms with E-state index in [-0.39, 0.29) is 37.2 Å². The molecule has 2 amide bonds. The average molecular weight is 244 g/mol. The second-order valence-corrected chi connectivity index (χ2v) is 3.88. The molecule has 0 bridgehead atoms. The summed E-state index contributed by atoms with van der Waals surface area (Å²) in [6, 6.07) is -0.331. The molecule has 98 valence electrons. The predicted octanol–water partition coefficient (Wildman–Crippen LogP) is 0.272. The Labute approximate surface area is 101 Å². The van der Waals surface area contributed by atoms with E-state index in [1.165, 1.54) is 6.92 Å². The molecule has 0 aromatic heterocycles. The molecule has 0 saturated heterocycles. The quantitative estimate of drug-likeness (QED) is 0.571. The van der Waals surface area contributed by atoms with Gasteiger partial charge in [-0.05, 0) is 6.42 Å². The van der Waals surface area contributed by atoms with Gasteiger partial charge in [-0.15, -0.1) is 0 Å². The highest BCUT2D eigenvalue weighted by atomic mass is 16.4. The van der Waals surface area contributed by atoms with Gasteiger partial charge in [-0.2, -0.15) is 0 Å². The Bertz CT molecular complexity index is 279. The number of aliphatic carboxylic acids is 1. The predicted molar refractivity (Wildman–Crippen MR) is 62.4 cm³/mol. The highest BCUT2D eigenvalue weighted by Gasteiger charge is 2.14. The summed E-state index contributed by atoms with van der Waals surface area (Å²) in [5.74, 6) is -1.35. The fraction of sp³-hybridized carbons (Fsp3) is 0.727. The Morgan fingerprint density at radius 2 is 1.94 bits per heavy atom. The zero-order valence-corrected chi connectivity index (χ0v) is 10.3. The number of amides is 2. The van der Waals surface area contributed by atoms with Crippen molar-refractivity contribution in [2.75, 3.05) is 6.54 Å². The number of carbonyl (C=O) groups excluding carboxylic acids is 2. The van der Waals surface area contributed by atoms with Gasteiger partial charge in [0.15, 0.2) is 0 Å². The minimum atomic E-state index is -0.925. The molecule has 0 radical (unpaired) electrons. The maximum atomic E-state index is 11.4. The zero-order valence-electron chi connectivity index (χ0n) is 10.3. The summed E-state index contributed by atoms with van der Waals surface area (Å²) < 4.78 is 0. The molecule has 17 heavy (non-hydrogen) atoms. The molecule has 0 rings (SSSR count). The van der Waals surface area contributed by atoms with E-state index in [2.05, 4.69) is 10.6 Å². The van der Waals surface area contributed by atoms with Crippen molar-refractivity contribution in [3.05, 3.63) is 0 Å². The molecule has 6 nitrogen and oxygen atoms in total. The third-order valence-electron chi connectivity index (χ3n) is 2.15. The molecule has 0 aromatic rings. The molecule has 0 spiro atoms. The van der Waals surface area contributed by atoms with Gasteiger partial charge in [-0.25, -0.2) is 0 Å². The molecule has 0 aromatic carbocycles. The summed E-state index contributed by atoms with van der Waals surface area (Å²) in [6.07, 6.45) is 1.54. The Morgan fingerprint density at radius 3 is 2.41 bits per heavy atom. The van der Waals surface area contributed by atoms with E-state index in [1.54, 1.807) is 0 Å². The molecule has 1 atom stereocenters. The molecule has 0 saturated carbocycles. The van der Waals surface area contributed by atoms with E-state index in [0.717, 1.165) is 6.42 Å². The second-order valence-electron chi connectivity index (χ2n) is 3.88. The van der Waals surface area contributed by atoms with Crippen LogP contribution in [0.3, 0.4) is 0 Å². The van der Waals surface area contributed by atoms with Crippen LogP contribution in [0.1, 0.15) is 39.5 Å². The lowest BCUT2D eigenvalue weighted by Crippen LogP contribution is -2.38. The molecule has 0 aliphatic heterocycles. The van der Waals surface area contributed by atoms with Crippen LogP contribution in [-0.4, -0.2) is 35.5 Å². The third kappa shape index (κ3) is 9.35. The van der Waals surface area contributed by atoms with Crippen molar-refractivity contribution < 1.29 is 19.5 Å². The Balaban J connectivity index is 3.94. The van der Waals surface area contributed by atoms with Crippen molar-refractivity contribution in [3.63, 3.8) is 0 Å². The van der Waals surface area contributed by atoms with Crippen molar-refractivity contribution in [2.24, 2.45) is 0 Å². The maximum absolute atomic E-state index is 11.4. The van der Waals surface area contributed by atoms with Gasteiger partial charge in [-0.3, -0.25) is 14.4 Å². The van der Waals surface area contributed by atoms with Gasteiger partial charge >= 0.3 is 5.97 Å². The molecule has 0 aliphatic carbocycles. The maximum Gasteiger partial charge on any atom is 0.305 e. The number of nitrogens with one attached hydrogen (secondary N) is 2. The van der Waals surface area contributed by atoms with Gasteiger partial charge < -0.3 is 15.7 Å². The summed E-state index contributed by atoms with van der Waals surface area (Å²) in [6.45, 7) is 3.58. The highest BCUT2D eigenvalue weighted by Crippen LogP contribution is 2.02. The molecule has 6 heteroatoms. The van der Waals surface area contributed by atoms with Gasteiger partial charge in [0.2, 0.25) is 11.8 Å². The molecular formula is C11H20N2O4. The Hall–Kier alpha value is -1.59. The van der Waals surface area contributed by atoms with Crippen LogP contribution in [-0.2, 0) is 14.4 Å². The summed E-state index contributed by atoms with van der Waals surface area (Å²) >= 11 is 0. The van der Waals surface area contributed by atoms with Crippen molar-refractivity contribution in [1.29, 1.82) is 0 Å². The average Bonchev–Trinajstić information content (AvgIpc) is 2.15. The van der Waals surface area contributed by atoms with Crippen LogP contribution in [0.2, 0.25) is 0 Å². The minimum Gasteiger partial charge on any atom is -0.481 e. The first-order valence-electron chi connectivity index (χ1n) is 5.71. The Kier molecular flexibility index (Phi) is 7.75. The lowest BCUT2D eigenvalue weighted by Gasteiger charge is -2.16. The molecule has 0 aliphatic rings. The van der Waals surface area contributed by atoms with E-state index in [1.807, 2.05) is 6.92 Å². The van der Waals surface area contributed by atoms with Crippen LogP contribution in [0, 0.1) is 0 Å². The lowest BCUT2D eigenvalue weighted by atomic mass is 10.1. The first-order valence-corrected chi connectivity index (χ1v) is 5.71.